The first-order chi connectivity index (χ1) is 9.75. The molecule has 0 aliphatic carbocycles. The number of aliphatic hydroxyl groups excluding tert-OH is 1. The Kier molecular flexibility index (Phi) is 5.51. The maximum absolute atomic E-state index is 11.9. The van der Waals surface area contributed by atoms with Gasteiger partial charge >= 0.3 is 0 Å². The second kappa shape index (κ2) is 7.61. The Morgan fingerprint density at radius 3 is 2.15 bits per heavy atom. The topological polar surface area (TPSA) is 37.3 Å². The van der Waals surface area contributed by atoms with Gasteiger partial charge in [-0.05, 0) is 24.8 Å². The Morgan fingerprint density at radius 1 is 0.900 bits per heavy atom. The Labute approximate surface area is 120 Å². The van der Waals surface area contributed by atoms with E-state index >= 15 is 0 Å². The molecule has 2 aromatic rings. The average molecular weight is 268 g/mol. The van der Waals surface area contributed by atoms with Gasteiger partial charge in [-0.2, -0.15) is 0 Å². The molecule has 0 spiro atoms. The standard InChI is InChI=1S/C18H20O2/c19-17(12-11-15-7-3-1-4-8-15)13-14-18(20)16-9-5-2-6-10-16/h1-10,17,19H,11-14H2. The minimum Gasteiger partial charge on any atom is -0.393 e. The lowest BCUT2D eigenvalue weighted by atomic mass is 10.0. The lowest BCUT2D eigenvalue weighted by Crippen LogP contribution is -2.11. The molecule has 0 heterocycles. The van der Waals surface area contributed by atoms with Gasteiger partial charge < -0.3 is 5.11 Å². The highest BCUT2D eigenvalue weighted by Gasteiger charge is 2.10. The molecule has 0 amide bonds. The molecule has 0 aromatic heterocycles. The van der Waals surface area contributed by atoms with Crippen molar-refractivity contribution in [2.75, 3.05) is 0 Å². The van der Waals surface area contributed by atoms with Crippen LogP contribution in [0.2, 0.25) is 0 Å². The summed E-state index contributed by atoms with van der Waals surface area (Å²) < 4.78 is 0. The molecule has 2 nitrogen and oxygen atoms in total. The van der Waals surface area contributed by atoms with Gasteiger partial charge in [-0.15, -0.1) is 0 Å². The van der Waals surface area contributed by atoms with E-state index in [0.29, 0.717) is 19.3 Å². The number of aryl methyl sites for hydroxylation is 1. The minimum absolute atomic E-state index is 0.101. The van der Waals surface area contributed by atoms with Crippen molar-refractivity contribution in [3.8, 4) is 0 Å². The van der Waals surface area contributed by atoms with Crippen molar-refractivity contribution >= 4 is 5.78 Å². The molecule has 1 N–H and O–H groups in total. The van der Waals surface area contributed by atoms with Crippen molar-refractivity contribution in [2.24, 2.45) is 0 Å². The Bertz CT molecular complexity index is 520. The zero-order valence-electron chi connectivity index (χ0n) is 11.5. The van der Waals surface area contributed by atoms with Crippen LogP contribution in [0.1, 0.15) is 35.2 Å². The zero-order valence-corrected chi connectivity index (χ0v) is 11.5. The number of carbonyl (C=O) groups excluding carboxylic acids is 1. The molecule has 0 radical (unpaired) electrons. The summed E-state index contributed by atoms with van der Waals surface area (Å²) in [5.74, 6) is 0.101. The highest BCUT2D eigenvalue weighted by Crippen LogP contribution is 2.11. The molecule has 1 unspecified atom stereocenters. The fraction of sp³-hybridized carbons (Fsp3) is 0.278. The fourth-order valence-corrected chi connectivity index (χ4v) is 2.19. The first-order valence-electron chi connectivity index (χ1n) is 7.06. The van der Waals surface area contributed by atoms with Crippen LogP contribution in [0.5, 0.6) is 0 Å². The zero-order chi connectivity index (χ0) is 14.2. The van der Waals surface area contributed by atoms with Crippen LogP contribution >= 0.6 is 0 Å². The molecule has 2 aromatic carbocycles. The second-order valence-electron chi connectivity index (χ2n) is 5.01. The molecular formula is C18H20O2. The van der Waals surface area contributed by atoms with E-state index in [1.807, 2.05) is 48.5 Å². The summed E-state index contributed by atoms with van der Waals surface area (Å²) >= 11 is 0. The maximum Gasteiger partial charge on any atom is 0.162 e. The minimum atomic E-state index is -0.414. The van der Waals surface area contributed by atoms with Crippen molar-refractivity contribution < 1.29 is 9.90 Å². The molecule has 0 fully saturated rings. The van der Waals surface area contributed by atoms with Gasteiger partial charge in [-0.1, -0.05) is 60.7 Å². The van der Waals surface area contributed by atoms with Gasteiger partial charge in [0.2, 0.25) is 0 Å². The highest BCUT2D eigenvalue weighted by atomic mass is 16.3. The summed E-state index contributed by atoms with van der Waals surface area (Å²) in [6, 6.07) is 19.4. The largest absolute Gasteiger partial charge is 0.393 e. The van der Waals surface area contributed by atoms with Gasteiger partial charge in [0.05, 0.1) is 6.10 Å². The van der Waals surface area contributed by atoms with Crippen LogP contribution < -0.4 is 0 Å². The number of aliphatic hydroxyl groups is 1. The molecule has 0 aliphatic heterocycles. The number of Topliss-reactive ketones (excluding diaryl/α,β-unsaturated/α-hetero) is 1. The molecule has 0 bridgehead atoms. The summed E-state index contributed by atoms with van der Waals surface area (Å²) in [6.07, 6.45) is 2.07. The van der Waals surface area contributed by atoms with Gasteiger partial charge in [0, 0.05) is 12.0 Å². The number of benzene rings is 2. The average Bonchev–Trinajstić information content (AvgIpc) is 2.52. The van der Waals surface area contributed by atoms with Gasteiger partial charge in [0.15, 0.2) is 5.78 Å². The monoisotopic (exact) mass is 268 g/mol. The van der Waals surface area contributed by atoms with E-state index < -0.39 is 6.10 Å². The first-order valence-corrected chi connectivity index (χ1v) is 7.06. The SMILES string of the molecule is O=C(CCC(O)CCc1ccccc1)c1ccccc1. The fourth-order valence-electron chi connectivity index (χ4n) is 2.19. The van der Waals surface area contributed by atoms with Crippen LogP contribution in [0.4, 0.5) is 0 Å². The van der Waals surface area contributed by atoms with Gasteiger partial charge in [0.1, 0.15) is 0 Å². The van der Waals surface area contributed by atoms with E-state index in [4.69, 9.17) is 0 Å². The Morgan fingerprint density at radius 2 is 1.50 bits per heavy atom. The van der Waals surface area contributed by atoms with Crippen molar-refractivity contribution in [2.45, 2.75) is 31.8 Å². The van der Waals surface area contributed by atoms with Crippen molar-refractivity contribution in [1.82, 2.24) is 0 Å². The van der Waals surface area contributed by atoms with Gasteiger partial charge in [0.25, 0.3) is 0 Å². The molecule has 1 atom stereocenters. The predicted molar refractivity (Wildman–Crippen MR) is 80.8 cm³/mol. The number of hydrogen-bond acceptors (Lipinski definition) is 2. The summed E-state index contributed by atoms with van der Waals surface area (Å²) in [6.45, 7) is 0. The molecule has 2 heteroatoms. The van der Waals surface area contributed by atoms with Crippen molar-refractivity contribution in [1.29, 1.82) is 0 Å². The highest BCUT2D eigenvalue weighted by molar-refractivity contribution is 5.95. The first kappa shape index (κ1) is 14.5. The molecule has 2 rings (SSSR count). The molecule has 0 aliphatic rings. The van der Waals surface area contributed by atoms with Gasteiger partial charge in [-0.25, -0.2) is 0 Å². The quantitative estimate of drug-likeness (QED) is 0.778. The predicted octanol–water partition coefficient (Wildman–Crippen LogP) is 3.64. The number of carbonyl (C=O) groups is 1. The van der Waals surface area contributed by atoms with Crippen LogP contribution in [-0.4, -0.2) is 17.0 Å². The number of ketones is 1. The normalized spacial score (nSPS) is 12.1. The third-order valence-electron chi connectivity index (χ3n) is 3.41. The Hall–Kier alpha value is -1.93. The van der Waals surface area contributed by atoms with E-state index in [2.05, 4.69) is 12.1 Å². The summed E-state index contributed by atoms with van der Waals surface area (Å²) in [5.41, 5.74) is 1.95. The Balaban J connectivity index is 1.73. The smallest absolute Gasteiger partial charge is 0.162 e. The number of rotatable bonds is 7. The van der Waals surface area contributed by atoms with Crippen LogP contribution in [0.15, 0.2) is 60.7 Å². The third-order valence-corrected chi connectivity index (χ3v) is 3.41. The molecular weight excluding hydrogens is 248 g/mol. The van der Waals surface area contributed by atoms with Crippen molar-refractivity contribution in [3.05, 3.63) is 71.8 Å². The molecule has 0 saturated heterocycles. The summed E-state index contributed by atoms with van der Waals surface area (Å²) in [4.78, 5) is 11.9. The second-order valence-corrected chi connectivity index (χ2v) is 5.01. The molecule has 104 valence electrons. The van der Waals surface area contributed by atoms with E-state index in [1.54, 1.807) is 0 Å². The number of hydrogen-bond donors (Lipinski definition) is 1. The van der Waals surface area contributed by atoms with Crippen LogP contribution in [-0.2, 0) is 6.42 Å². The van der Waals surface area contributed by atoms with Crippen LogP contribution in [0.25, 0.3) is 0 Å². The van der Waals surface area contributed by atoms with Crippen LogP contribution in [0.3, 0.4) is 0 Å². The van der Waals surface area contributed by atoms with E-state index in [0.717, 1.165) is 12.0 Å². The van der Waals surface area contributed by atoms with Crippen molar-refractivity contribution in [3.63, 3.8) is 0 Å². The maximum atomic E-state index is 11.9. The van der Waals surface area contributed by atoms with Crippen LogP contribution in [0, 0.1) is 0 Å². The summed E-state index contributed by atoms with van der Waals surface area (Å²) in [7, 11) is 0. The summed E-state index contributed by atoms with van der Waals surface area (Å²) in [5, 5.41) is 9.95. The lowest BCUT2D eigenvalue weighted by molar-refractivity contribution is 0.0934. The van der Waals surface area contributed by atoms with E-state index in [-0.39, 0.29) is 5.78 Å². The lowest BCUT2D eigenvalue weighted by Gasteiger charge is -2.10. The van der Waals surface area contributed by atoms with Gasteiger partial charge in [-0.3, -0.25) is 4.79 Å². The third kappa shape index (κ3) is 4.63. The van der Waals surface area contributed by atoms with E-state index in [1.165, 1.54) is 5.56 Å². The van der Waals surface area contributed by atoms with E-state index in [9.17, 15) is 9.90 Å². The molecule has 0 saturated carbocycles. The molecule has 20 heavy (non-hydrogen) atoms.